The van der Waals surface area contributed by atoms with Crippen molar-refractivity contribution in [1.29, 1.82) is 0 Å². The van der Waals surface area contributed by atoms with Crippen LogP contribution in [-0.2, 0) is 4.79 Å². The summed E-state index contributed by atoms with van der Waals surface area (Å²) in [6, 6.07) is 0. The minimum atomic E-state index is 0.0777. The molecule has 3 nitrogen and oxygen atoms in total. The summed E-state index contributed by atoms with van der Waals surface area (Å²) in [5, 5.41) is 3.15. The van der Waals surface area contributed by atoms with E-state index in [2.05, 4.69) is 19.2 Å². The lowest BCUT2D eigenvalue weighted by molar-refractivity contribution is -0.140. The zero-order valence-electron chi connectivity index (χ0n) is 9.26. The third-order valence-electron chi connectivity index (χ3n) is 3.87. The number of carbonyl (C=O) groups excluding carboxylic acids is 1. The van der Waals surface area contributed by atoms with Crippen LogP contribution in [0.1, 0.15) is 40.0 Å². The maximum Gasteiger partial charge on any atom is 0.223 e. The number of hydrogen-bond donors (Lipinski definition) is 2. The van der Waals surface area contributed by atoms with E-state index >= 15 is 0 Å². The second kappa shape index (κ2) is 2.72. The van der Waals surface area contributed by atoms with Gasteiger partial charge in [-0.25, -0.2) is 0 Å². The molecule has 3 rings (SSSR count). The molecule has 3 aliphatic carbocycles. The van der Waals surface area contributed by atoms with Gasteiger partial charge in [-0.1, -0.05) is 20.8 Å². The zero-order chi connectivity index (χ0) is 10.6. The fourth-order valence-electron chi connectivity index (χ4n) is 2.68. The average molecular weight is 196 g/mol. The van der Waals surface area contributed by atoms with Crippen molar-refractivity contribution in [2.75, 3.05) is 0 Å². The first-order chi connectivity index (χ1) is 6.36. The summed E-state index contributed by atoms with van der Waals surface area (Å²) in [7, 11) is 0. The van der Waals surface area contributed by atoms with Crippen LogP contribution < -0.4 is 11.1 Å². The van der Waals surface area contributed by atoms with E-state index < -0.39 is 0 Å². The first-order valence-corrected chi connectivity index (χ1v) is 5.47. The van der Waals surface area contributed by atoms with Crippen LogP contribution in [0.25, 0.3) is 0 Å². The molecular formula is C11H20N2O. The van der Waals surface area contributed by atoms with E-state index in [1.807, 2.05) is 6.92 Å². The number of hydrogen-bond acceptors (Lipinski definition) is 2. The summed E-state index contributed by atoms with van der Waals surface area (Å²) in [5.74, 6) is 0.716. The maximum atomic E-state index is 11.8. The Kier molecular flexibility index (Phi) is 1.94. The van der Waals surface area contributed by atoms with Crippen LogP contribution in [0.4, 0.5) is 0 Å². The van der Waals surface area contributed by atoms with Gasteiger partial charge in [0.15, 0.2) is 0 Å². The molecule has 2 bridgehead atoms. The Bertz CT molecular complexity index is 253. The molecule has 0 radical (unpaired) electrons. The molecule has 3 fully saturated rings. The van der Waals surface area contributed by atoms with Crippen molar-refractivity contribution < 1.29 is 4.79 Å². The molecule has 80 valence electrons. The van der Waals surface area contributed by atoms with E-state index in [9.17, 15) is 4.79 Å². The fourth-order valence-corrected chi connectivity index (χ4v) is 2.68. The van der Waals surface area contributed by atoms with Gasteiger partial charge in [-0.3, -0.25) is 4.79 Å². The largest absolute Gasteiger partial charge is 0.350 e. The SMILES string of the molecule is CC(C)C(C)C(=O)NC12CC(N)(C1)C2. The van der Waals surface area contributed by atoms with Crippen LogP contribution in [0.15, 0.2) is 0 Å². The Labute approximate surface area is 85.4 Å². The first-order valence-electron chi connectivity index (χ1n) is 5.47. The first kappa shape index (κ1) is 9.97. The van der Waals surface area contributed by atoms with Gasteiger partial charge in [-0.05, 0) is 25.2 Å². The summed E-state index contributed by atoms with van der Waals surface area (Å²) in [4.78, 5) is 11.8. The van der Waals surface area contributed by atoms with E-state index in [-0.39, 0.29) is 22.9 Å². The van der Waals surface area contributed by atoms with Gasteiger partial charge in [0.25, 0.3) is 0 Å². The highest BCUT2D eigenvalue weighted by atomic mass is 16.2. The number of nitrogens with one attached hydrogen (secondary N) is 1. The second-order valence-electron chi connectivity index (χ2n) is 5.69. The van der Waals surface area contributed by atoms with E-state index in [0.29, 0.717) is 5.92 Å². The molecule has 0 spiro atoms. The zero-order valence-corrected chi connectivity index (χ0v) is 9.26. The summed E-state index contributed by atoms with van der Waals surface area (Å²) in [6.07, 6.45) is 2.95. The third kappa shape index (κ3) is 1.34. The van der Waals surface area contributed by atoms with Gasteiger partial charge >= 0.3 is 0 Å². The normalized spacial score (nSPS) is 41.2. The average Bonchev–Trinajstić information content (AvgIpc) is 1.97. The van der Waals surface area contributed by atoms with Crippen molar-refractivity contribution >= 4 is 5.91 Å². The van der Waals surface area contributed by atoms with Crippen molar-refractivity contribution in [2.45, 2.75) is 51.1 Å². The molecule has 14 heavy (non-hydrogen) atoms. The van der Waals surface area contributed by atoms with Crippen LogP contribution in [0, 0.1) is 11.8 Å². The molecule has 1 atom stereocenters. The third-order valence-corrected chi connectivity index (χ3v) is 3.87. The highest BCUT2D eigenvalue weighted by Gasteiger charge is 2.66. The molecular weight excluding hydrogens is 176 g/mol. The Morgan fingerprint density at radius 3 is 2.14 bits per heavy atom. The maximum absolute atomic E-state index is 11.8. The molecule has 0 aromatic carbocycles. The Morgan fingerprint density at radius 1 is 1.29 bits per heavy atom. The van der Waals surface area contributed by atoms with Crippen LogP contribution in [0.3, 0.4) is 0 Å². The topological polar surface area (TPSA) is 55.1 Å². The summed E-state index contributed by atoms with van der Waals surface area (Å²) < 4.78 is 0. The fraction of sp³-hybridized carbons (Fsp3) is 0.909. The predicted octanol–water partition coefficient (Wildman–Crippen LogP) is 1.03. The molecule has 0 saturated heterocycles. The van der Waals surface area contributed by atoms with Gasteiger partial charge in [0.05, 0.1) is 0 Å². The standard InChI is InChI=1S/C11H20N2O/c1-7(2)8(3)9(14)13-11-4-10(12,5-11)6-11/h7-8H,4-6,12H2,1-3H3,(H,13,14). The van der Waals surface area contributed by atoms with Gasteiger partial charge in [-0.15, -0.1) is 0 Å². The second-order valence-corrected chi connectivity index (χ2v) is 5.69. The van der Waals surface area contributed by atoms with Gasteiger partial charge in [-0.2, -0.15) is 0 Å². The van der Waals surface area contributed by atoms with E-state index in [1.54, 1.807) is 0 Å². The number of nitrogens with two attached hydrogens (primary N) is 1. The number of amides is 1. The molecule has 1 amide bonds. The molecule has 0 aliphatic heterocycles. The molecule has 3 heteroatoms. The molecule has 3 aliphatic rings. The molecule has 0 aromatic heterocycles. The van der Waals surface area contributed by atoms with Crippen molar-refractivity contribution in [2.24, 2.45) is 17.6 Å². The van der Waals surface area contributed by atoms with Crippen molar-refractivity contribution in [1.82, 2.24) is 5.32 Å². The van der Waals surface area contributed by atoms with Gasteiger partial charge in [0.1, 0.15) is 0 Å². The Balaban J connectivity index is 1.85. The molecule has 1 unspecified atom stereocenters. The Hall–Kier alpha value is -0.570. The predicted molar refractivity (Wildman–Crippen MR) is 55.6 cm³/mol. The quantitative estimate of drug-likeness (QED) is 0.708. The number of carbonyl (C=O) groups is 1. The van der Waals surface area contributed by atoms with E-state index in [0.717, 1.165) is 19.3 Å². The van der Waals surface area contributed by atoms with Gasteiger partial charge < -0.3 is 11.1 Å². The van der Waals surface area contributed by atoms with Crippen LogP contribution in [0.2, 0.25) is 0 Å². The van der Waals surface area contributed by atoms with Gasteiger partial charge in [0.2, 0.25) is 5.91 Å². The monoisotopic (exact) mass is 196 g/mol. The highest BCUT2D eigenvalue weighted by molar-refractivity contribution is 5.80. The Morgan fingerprint density at radius 2 is 1.79 bits per heavy atom. The molecule has 3 N–H and O–H groups in total. The van der Waals surface area contributed by atoms with Crippen molar-refractivity contribution in [3.05, 3.63) is 0 Å². The molecule has 0 heterocycles. The minimum absolute atomic E-state index is 0.0777. The van der Waals surface area contributed by atoms with Crippen molar-refractivity contribution in [3.8, 4) is 0 Å². The summed E-state index contributed by atoms with van der Waals surface area (Å²) in [6.45, 7) is 6.15. The lowest BCUT2D eigenvalue weighted by Gasteiger charge is -2.69. The van der Waals surface area contributed by atoms with Crippen LogP contribution >= 0.6 is 0 Å². The summed E-state index contributed by atoms with van der Waals surface area (Å²) in [5.41, 5.74) is 6.10. The van der Waals surface area contributed by atoms with Gasteiger partial charge in [0, 0.05) is 17.0 Å². The highest BCUT2D eigenvalue weighted by Crippen LogP contribution is 2.58. The van der Waals surface area contributed by atoms with Crippen LogP contribution in [-0.4, -0.2) is 17.0 Å². The lowest BCUT2D eigenvalue weighted by atomic mass is 9.44. The van der Waals surface area contributed by atoms with Crippen LogP contribution in [0.5, 0.6) is 0 Å². The summed E-state index contributed by atoms with van der Waals surface area (Å²) >= 11 is 0. The van der Waals surface area contributed by atoms with E-state index in [1.165, 1.54) is 0 Å². The molecule has 0 aromatic rings. The minimum Gasteiger partial charge on any atom is -0.350 e. The smallest absolute Gasteiger partial charge is 0.223 e. The lowest BCUT2D eigenvalue weighted by Crippen LogP contribution is -2.82. The number of rotatable bonds is 3. The molecule has 3 saturated carbocycles. The van der Waals surface area contributed by atoms with E-state index in [4.69, 9.17) is 5.73 Å². The van der Waals surface area contributed by atoms with Crippen molar-refractivity contribution in [3.63, 3.8) is 0 Å².